The molecule has 157 valence electrons. The maximum atomic E-state index is 7.50. The zero-order valence-corrected chi connectivity index (χ0v) is 23.1. The standard InChI is InChI=1S/3C6H5.C5H10.3CO.Sn.W/c3*1-2-4-6-5-3-1;1-2-4-5-3-1;3*1-2;;/h3*1-5H;1-5H2;;;;;. The van der Waals surface area contributed by atoms with E-state index >= 15 is 0 Å². The van der Waals surface area contributed by atoms with Crippen LogP contribution in [0.25, 0.3) is 0 Å². The van der Waals surface area contributed by atoms with Crippen LogP contribution in [0.4, 0.5) is 0 Å². The van der Waals surface area contributed by atoms with Gasteiger partial charge in [-0.05, 0) is 0 Å². The number of hydrogen-bond acceptors (Lipinski definition) is 0. The van der Waals surface area contributed by atoms with Gasteiger partial charge in [-0.1, -0.05) is 32.1 Å². The molecule has 3 nitrogen and oxygen atoms in total. The normalized spacial score (nSPS) is 10.5. The molecule has 0 heterocycles. The third kappa shape index (κ3) is 12.7. The van der Waals surface area contributed by atoms with E-state index in [2.05, 4.69) is 111 Å². The molecule has 0 saturated heterocycles. The Kier molecular flexibility index (Phi) is 23.4. The van der Waals surface area contributed by atoms with Crippen LogP contribution in [0, 0.1) is 20.0 Å². The third-order valence-electron chi connectivity index (χ3n) is 4.44. The fourth-order valence-electron chi connectivity index (χ4n) is 3.20. The van der Waals surface area contributed by atoms with E-state index < -0.39 is 19.8 Å². The molecule has 0 bridgehead atoms. The van der Waals surface area contributed by atoms with Gasteiger partial charge in [0.2, 0.25) is 0 Å². The van der Waals surface area contributed by atoms with E-state index in [0.717, 1.165) is 0 Å². The Hall–Kier alpha value is -1.63. The van der Waals surface area contributed by atoms with Crippen molar-refractivity contribution in [1.82, 2.24) is 0 Å². The zero-order chi connectivity index (χ0) is 22.5. The molecule has 0 spiro atoms. The first kappa shape index (κ1) is 31.6. The van der Waals surface area contributed by atoms with Crippen molar-refractivity contribution in [2.45, 2.75) is 32.1 Å². The van der Waals surface area contributed by atoms with Gasteiger partial charge in [0.25, 0.3) is 0 Å². The fraction of sp³-hybridized carbons (Fsp3) is 0.192. The molecule has 0 unspecified atom stereocenters. The molecule has 1 saturated carbocycles. The van der Waals surface area contributed by atoms with Crippen LogP contribution in [-0.2, 0) is 35.0 Å². The summed E-state index contributed by atoms with van der Waals surface area (Å²) in [5, 5.41) is 0. The number of benzene rings is 3. The molecule has 1 radical (unpaired) electrons. The van der Waals surface area contributed by atoms with Crippen molar-refractivity contribution >= 4 is 30.5 Å². The number of rotatable bonds is 3. The quantitative estimate of drug-likeness (QED) is 0.227. The Morgan fingerprint density at radius 3 is 0.806 bits per heavy atom. The number of hydrogen-bond donors (Lipinski definition) is 0. The molecule has 1 aliphatic carbocycles. The third-order valence-corrected chi connectivity index (χ3v) is 12.2. The molecule has 0 atom stereocenters. The van der Waals surface area contributed by atoms with Gasteiger partial charge in [0, 0.05) is 21.1 Å². The molecule has 0 aromatic heterocycles. The first-order valence-corrected chi connectivity index (χ1v) is 13.9. The Labute approximate surface area is 207 Å². The molecule has 3 aromatic rings. The molecule has 0 amide bonds. The fourth-order valence-corrected chi connectivity index (χ4v) is 10.6. The maximum absolute atomic E-state index is 7.50. The summed E-state index contributed by atoms with van der Waals surface area (Å²) in [7, 11) is 0. The van der Waals surface area contributed by atoms with E-state index in [-0.39, 0.29) is 21.1 Å². The molecule has 3 aromatic carbocycles. The van der Waals surface area contributed by atoms with Crippen molar-refractivity contribution in [1.29, 1.82) is 0 Å². The Morgan fingerprint density at radius 2 is 0.613 bits per heavy atom. The van der Waals surface area contributed by atoms with Crippen LogP contribution in [0.2, 0.25) is 0 Å². The molecular weight excluding hydrogens is 663 g/mol. The summed E-state index contributed by atoms with van der Waals surface area (Å²) in [6.07, 6.45) is 7.50. The minimum atomic E-state index is -1.98. The Balaban J connectivity index is 0. The second-order valence-electron chi connectivity index (χ2n) is 6.24. The Bertz CT molecular complexity index is 714. The van der Waals surface area contributed by atoms with Crippen LogP contribution < -0.4 is 10.7 Å². The van der Waals surface area contributed by atoms with Gasteiger partial charge >= 0.3 is 155 Å². The predicted molar refractivity (Wildman–Crippen MR) is 119 cm³/mol. The molecule has 5 heteroatoms. The molecule has 1 fully saturated rings. The van der Waals surface area contributed by atoms with Crippen molar-refractivity contribution in [2.75, 3.05) is 0 Å². The van der Waals surface area contributed by atoms with Gasteiger partial charge in [-0.25, -0.2) is 0 Å². The van der Waals surface area contributed by atoms with E-state index in [0.29, 0.717) is 0 Å². The molecule has 1 aliphatic rings. The summed E-state index contributed by atoms with van der Waals surface area (Å²) < 4.78 is 27.1. The van der Waals surface area contributed by atoms with Crippen molar-refractivity contribution in [3.8, 4) is 0 Å². The van der Waals surface area contributed by atoms with E-state index in [1.54, 1.807) is 0 Å². The van der Waals surface area contributed by atoms with Crippen LogP contribution in [0.15, 0.2) is 91.0 Å². The predicted octanol–water partition coefficient (Wildman–Crippen LogP) is 4.04. The molecule has 0 N–H and O–H groups in total. The van der Waals surface area contributed by atoms with Crippen LogP contribution in [0.3, 0.4) is 0 Å². The van der Waals surface area contributed by atoms with E-state index in [4.69, 9.17) is 14.0 Å². The molecule has 0 aliphatic heterocycles. The van der Waals surface area contributed by atoms with Crippen molar-refractivity contribution in [2.24, 2.45) is 0 Å². The molecular formula is C26H25O3SnW. The van der Waals surface area contributed by atoms with Gasteiger partial charge in [-0.2, -0.15) is 0 Å². The van der Waals surface area contributed by atoms with E-state index in [1.165, 1.54) is 42.8 Å². The summed E-state index contributed by atoms with van der Waals surface area (Å²) >= 11 is -1.98. The SMILES string of the molecule is C1CCCC1.[C-]#[O+].[C-]#[O+].[C-]#[O+].[W].c1cc[c]([Sn]([c]2ccccc2)[c]2ccccc2)cc1. The van der Waals surface area contributed by atoms with Gasteiger partial charge in [0.15, 0.2) is 0 Å². The summed E-state index contributed by atoms with van der Waals surface area (Å²) in [5.74, 6) is 0. The average molecular weight is 688 g/mol. The van der Waals surface area contributed by atoms with Gasteiger partial charge in [0.05, 0.1) is 0 Å². The van der Waals surface area contributed by atoms with Crippen LogP contribution in [0.5, 0.6) is 0 Å². The summed E-state index contributed by atoms with van der Waals surface area (Å²) in [5.41, 5.74) is 0. The van der Waals surface area contributed by atoms with Gasteiger partial charge in [0.1, 0.15) is 0 Å². The average Bonchev–Trinajstić information content (AvgIpc) is 3.46. The molecule has 4 rings (SSSR count). The zero-order valence-electron chi connectivity index (χ0n) is 17.3. The second kappa shape index (κ2) is 23.0. The molecule has 31 heavy (non-hydrogen) atoms. The van der Waals surface area contributed by atoms with E-state index in [1.807, 2.05) is 0 Å². The minimum absolute atomic E-state index is 0. The van der Waals surface area contributed by atoms with Crippen molar-refractivity contribution in [3.05, 3.63) is 111 Å². The first-order chi connectivity index (χ1) is 14.9. The first-order valence-electron chi connectivity index (χ1n) is 9.59. The van der Waals surface area contributed by atoms with Gasteiger partial charge in [-0.3, -0.25) is 0 Å². The van der Waals surface area contributed by atoms with E-state index in [9.17, 15) is 0 Å². The van der Waals surface area contributed by atoms with Crippen LogP contribution >= 0.6 is 0 Å². The van der Waals surface area contributed by atoms with Gasteiger partial charge in [-0.15, -0.1) is 0 Å². The summed E-state index contributed by atoms with van der Waals surface area (Å²) in [6, 6.07) is 32.9. The topological polar surface area (TPSA) is 59.7 Å². The van der Waals surface area contributed by atoms with Gasteiger partial charge < -0.3 is 0 Å². The Morgan fingerprint density at radius 1 is 0.419 bits per heavy atom. The van der Waals surface area contributed by atoms with Crippen molar-refractivity contribution in [3.63, 3.8) is 0 Å². The monoisotopic (exact) mass is 689 g/mol. The van der Waals surface area contributed by atoms with Crippen LogP contribution in [-0.4, -0.2) is 19.8 Å². The second-order valence-corrected chi connectivity index (χ2v) is 13.3. The summed E-state index contributed by atoms with van der Waals surface area (Å²) in [6.45, 7) is 13.5. The van der Waals surface area contributed by atoms with Crippen molar-refractivity contribution < 1.29 is 35.0 Å². The summed E-state index contributed by atoms with van der Waals surface area (Å²) in [4.78, 5) is 0. The van der Waals surface area contributed by atoms with Crippen LogP contribution in [0.1, 0.15) is 32.1 Å².